The van der Waals surface area contributed by atoms with Gasteiger partial charge in [0.25, 0.3) is 5.91 Å². The fourth-order valence-electron chi connectivity index (χ4n) is 1.68. The SMILES string of the molecule is N#C/C(=C\c1cc(Br)cc(I)c1O)C(=O)NCc1ccco1. The highest BCUT2D eigenvalue weighted by atomic mass is 127. The lowest BCUT2D eigenvalue weighted by Crippen LogP contribution is -2.23. The fraction of sp³-hybridized carbons (Fsp3) is 0.0667. The molecular weight excluding hydrogens is 463 g/mol. The lowest BCUT2D eigenvalue weighted by atomic mass is 10.1. The standard InChI is InChI=1S/C15H10BrIN2O3/c16-11-5-9(14(20)13(17)6-11)4-10(7-18)15(21)19-8-12-2-1-3-22-12/h1-6,20H,8H2,(H,19,21)/b10-4+. The Kier molecular flexibility index (Phi) is 5.63. The molecule has 1 aromatic carbocycles. The topological polar surface area (TPSA) is 86.3 Å². The molecule has 0 aliphatic heterocycles. The highest BCUT2D eigenvalue weighted by Gasteiger charge is 2.12. The number of aromatic hydroxyl groups is 1. The predicted octanol–water partition coefficient (Wildman–Crippen LogP) is 3.58. The number of hydrogen-bond acceptors (Lipinski definition) is 4. The molecule has 0 bridgehead atoms. The largest absolute Gasteiger partial charge is 0.506 e. The fourth-order valence-corrected chi connectivity index (χ4v) is 3.23. The minimum absolute atomic E-state index is 0.0235. The number of carbonyl (C=O) groups excluding carboxylic acids is 1. The number of nitrogens with zero attached hydrogens (tertiary/aromatic N) is 1. The summed E-state index contributed by atoms with van der Waals surface area (Å²) in [6.07, 6.45) is 2.85. The van der Waals surface area contributed by atoms with Crippen LogP contribution in [0.15, 0.2) is 45.0 Å². The molecule has 1 aromatic heterocycles. The first-order valence-corrected chi connectivity index (χ1v) is 7.99. The molecule has 0 radical (unpaired) electrons. The van der Waals surface area contributed by atoms with Gasteiger partial charge in [-0.25, -0.2) is 0 Å². The first-order chi connectivity index (χ1) is 10.5. The number of carbonyl (C=O) groups is 1. The molecule has 0 unspecified atom stereocenters. The van der Waals surface area contributed by atoms with E-state index >= 15 is 0 Å². The molecule has 7 heteroatoms. The number of phenols is 1. The molecule has 1 amide bonds. The number of hydrogen-bond donors (Lipinski definition) is 2. The van der Waals surface area contributed by atoms with Crippen molar-refractivity contribution in [1.82, 2.24) is 5.32 Å². The van der Waals surface area contributed by atoms with Crippen LogP contribution in [0.5, 0.6) is 5.75 Å². The molecule has 112 valence electrons. The Morgan fingerprint density at radius 3 is 2.95 bits per heavy atom. The van der Waals surface area contributed by atoms with E-state index in [1.165, 1.54) is 12.3 Å². The molecule has 2 rings (SSSR count). The summed E-state index contributed by atoms with van der Waals surface area (Å²) in [4.78, 5) is 12.0. The van der Waals surface area contributed by atoms with Gasteiger partial charge in [-0.3, -0.25) is 4.79 Å². The van der Waals surface area contributed by atoms with Crippen molar-refractivity contribution in [2.75, 3.05) is 0 Å². The summed E-state index contributed by atoms with van der Waals surface area (Å²) in [7, 11) is 0. The highest BCUT2D eigenvalue weighted by Crippen LogP contribution is 2.30. The third-order valence-electron chi connectivity index (χ3n) is 2.73. The number of halogens is 2. The monoisotopic (exact) mass is 472 g/mol. The van der Waals surface area contributed by atoms with Crippen LogP contribution in [0, 0.1) is 14.9 Å². The van der Waals surface area contributed by atoms with E-state index in [1.54, 1.807) is 24.3 Å². The Morgan fingerprint density at radius 1 is 1.55 bits per heavy atom. The molecule has 0 atom stereocenters. The summed E-state index contributed by atoms with van der Waals surface area (Å²) >= 11 is 5.28. The Labute approximate surface area is 148 Å². The molecule has 5 nitrogen and oxygen atoms in total. The molecule has 0 aliphatic carbocycles. The number of rotatable bonds is 4. The number of furan rings is 1. The van der Waals surface area contributed by atoms with Crippen molar-refractivity contribution in [3.8, 4) is 11.8 Å². The summed E-state index contributed by atoms with van der Waals surface area (Å²) < 4.78 is 6.46. The van der Waals surface area contributed by atoms with Gasteiger partial charge in [-0.2, -0.15) is 5.26 Å². The van der Waals surface area contributed by atoms with E-state index in [2.05, 4.69) is 21.2 Å². The lowest BCUT2D eigenvalue weighted by molar-refractivity contribution is -0.117. The number of phenolic OH excluding ortho intramolecular Hbond substituents is 1. The second kappa shape index (κ2) is 7.47. The second-order valence-electron chi connectivity index (χ2n) is 4.26. The Morgan fingerprint density at radius 2 is 2.32 bits per heavy atom. The van der Waals surface area contributed by atoms with Crippen molar-refractivity contribution in [2.45, 2.75) is 6.54 Å². The zero-order valence-corrected chi connectivity index (χ0v) is 14.9. The quantitative estimate of drug-likeness (QED) is 0.404. The van der Waals surface area contributed by atoms with Gasteiger partial charge in [0.05, 0.1) is 16.4 Å². The molecule has 2 aromatic rings. The van der Waals surface area contributed by atoms with E-state index in [1.807, 2.05) is 28.7 Å². The Bertz CT molecular complexity index is 764. The zero-order valence-electron chi connectivity index (χ0n) is 11.1. The summed E-state index contributed by atoms with van der Waals surface area (Å²) in [6, 6.07) is 8.64. The molecule has 1 heterocycles. The molecule has 2 N–H and O–H groups in total. The van der Waals surface area contributed by atoms with Gasteiger partial charge in [-0.1, -0.05) is 15.9 Å². The minimum atomic E-state index is -0.534. The molecule has 0 fully saturated rings. The van der Waals surface area contributed by atoms with E-state index in [9.17, 15) is 9.90 Å². The van der Waals surface area contributed by atoms with Crippen molar-refractivity contribution in [3.05, 3.63) is 55.5 Å². The van der Waals surface area contributed by atoms with E-state index in [-0.39, 0.29) is 17.9 Å². The Hall–Kier alpha value is -1.79. The van der Waals surface area contributed by atoms with Crippen molar-refractivity contribution in [3.63, 3.8) is 0 Å². The van der Waals surface area contributed by atoms with Crippen LogP contribution in [0.1, 0.15) is 11.3 Å². The van der Waals surface area contributed by atoms with E-state index in [0.717, 1.165) is 4.47 Å². The van der Waals surface area contributed by atoms with Crippen LogP contribution >= 0.6 is 38.5 Å². The van der Waals surface area contributed by atoms with Gasteiger partial charge >= 0.3 is 0 Å². The highest BCUT2D eigenvalue weighted by molar-refractivity contribution is 14.1. The molecule has 0 aliphatic rings. The van der Waals surface area contributed by atoms with Crippen LogP contribution in [0.25, 0.3) is 6.08 Å². The number of benzene rings is 1. The van der Waals surface area contributed by atoms with Crippen molar-refractivity contribution in [2.24, 2.45) is 0 Å². The first kappa shape index (κ1) is 16.6. The molecule has 0 spiro atoms. The molecule has 0 saturated carbocycles. The van der Waals surface area contributed by atoms with Gasteiger partial charge in [-0.05, 0) is 52.9 Å². The predicted molar refractivity (Wildman–Crippen MR) is 92.7 cm³/mol. The number of amides is 1. The summed E-state index contributed by atoms with van der Waals surface area (Å²) in [5.41, 5.74) is 0.291. The average Bonchev–Trinajstić information content (AvgIpc) is 3.00. The first-order valence-electron chi connectivity index (χ1n) is 6.11. The maximum absolute atomic E-state index is 12.0. The van der Waals surface area contributed by atoms with Gasteiger partial charge in [0, 0.05) is 10.0 Å². The second-order valence-corrected chi connectivity index (χ2v) is 6.34. The van der Waals surface area contributed by atoms with Crippen molar-refractivity contribution < 1.29 is 14.3 Å². The maximum atomic E-state index is 12.0. The molecule has 0 saturated heterocycles. The summed E-state index contributed by atoms with van der Waals surface area (Å²) in [5, 5.41) is 21.7. The van der Waals surface area contributed by atoms with E-state index in [4.69, 9.17) is 9.68 Å². The number of nitriles is 1. The van der Waals surface area contributed by atoms with Gasteiger partial charge in [0.1, 0.15) is 23.2 Å². The maximum Gasteiger partial charge on any atom is 0.262 e. The van der Waals surface area contributed by atoms with Crippen LogP contribution in [-0.4, -0.2) is 11.0 Å². The lowest BCUT2D eigenvalue weighted by Gasteiger charge is -2.05. The number of nitrogens with one attached hydrogen (secondary N) is 1. The van der Waals surface area contributed by atoms with E-state index in [0.29, 0.717) is 14.9 Å². The van der Waals surface area contributed by atoms with Crippen molar-refractivity contribution in [1.29, 1.82) is 5.26 Å². The van der Waals surface area contributed by atoms with Gasteiger partial charge in [0.2, 0.25) is 0 Å². The van der Waals surface area contributed by atoms with Crippen LogP contribution < -0.4 is 5.32 Å². The normalized spacial score (nSPS) is 11.0. The van der Waals surface area contributed by atoms with E-state index < -0.39 is 5.91 Å². The van der Waals surface area contributed by atoms with Crippen LogP contribution in [0.2, 0.25) is 0 Å². The molecule has 22 heavy (non-hydrogen) atoms. The Balaban J connectivity index is 2.20. The summed E-state index contributed by atoms with van der Waals surface area (Å²) in [5.74, 6) is 0.0779. The smallest absolute Gasteiger partial charge is 0.262 e. The van der Waals surface area contributed by atoms with Gasteiger partial charge in [-0.15, -0.1) is 0 Å². The minimum Gasteiger partial charge on any atom is -0.506 e. The zero-order chi connectivity index (χ0) is 16.1. The average molecular weight is 473 g/mol. The van der Waals surface area contributed by atoms with Gasteiger partial charge < -0.3 is 14.8 Å². The van der Waals surface area contributed by atoms with Crippen molar-refractivity contribution >= 4 is 50.5 Å². The van der Waals surface area contributed by atoms with Gasteiger partial charge in [0.15, 0.2) is 0 Å². The van der Waals surface area contributed by atoms with Crippen LogP contribution in [-0.2, 0) is 11.3 Å². The summed E-state index contributed by atoms with van der Waals surface area (Å²) in [6.45, 7) is 0.187. The third-order valence-corrected chi connectivity index (χ3v) is 4.01. The van der Waals surface area contributed by atoms with Crippen LogP contribution in [0.3, 0.4) is 0 Å². The van der Waals surface area contributed by atoms with Crippen LogP contribution in [0.4, 0.5) is 0 Å². The molecular formula is C15H10BrIN2O3. The third kappa shape index (κ3) is 4.11.